The van der Waals surface area contributed by atoms with E-state index < -0.39 is 103 Å². The van der Waals surface area contributed by atoms with Gasteiger partial charge in [-0.2, -0.15) is 0 Å². The van der Waals surface area contributed by atoms with Gasteiger partial charge in [0.25, 0.3) is 0 Å². The zero-order valence-corrected chi connectivity index (χ0v) is 16.9. The second-order valence-corrected chi connectivity index (χ2v) is 7.79. The molecule has 1 unspecified atom stereocenters. The highest BCUT2D eigenvalue weighted by molar-refractivity contribution is 5.72. The van der Waals surface area contributed by atoms with E-state index in [0.717, 1.165) is 0 Å². The maximum absolute atomic E-state index is 13.0. The van der Waals surface area contributed by atoms with Crippen LogP contribution in [0.1, 0.15) is 82.5 Å². The van der Waals surface area contributed by atoms with Crippen LogP contribution in [0.15, 0.2) is 23.7 Å². The normalized spacial score (nSPS) is 53.9. The second kappa shape index (κ2) is 9.46. The van der Waals surface area contributed by atoms with Crippen LogP contribution in [-0.2, 0) is 19.1 Å². The Balaban J connectivity index is 2.20. The number of allylic oxidation sites excluding steroid dienone is 3. The van der Waals surface area contributed by atoms with Crippen LogP contribution in [0.2, 0.25) is 0 Å². The van der Waals surface area contributed by atoms with Gasteiger partial charge >= 0.3 is 11.9 Å². The van der Waals surface area contributed by atoms with Gasteiger partial charge in [0.15, 0.2) is 0 Å². The molecule has 1 aliphatic heterocycles. The summed E-state index contributed by atoms with van der Waals surface area (Å²) in [4.78, 5) is 25.1. The molecule has 29 heavy (non-hydrogen) atoms. The Morgan fingerprint density at radius 3 is 3.03 bits per heavy atom. The SMILES string of the molecule is [2H]C1=C([2H])[C@]([2H])(C)[C@H](CCC2C[C@@H](O)C([2H])([2H])C(=O)O2)[C@@H]2C1=C([2H])[C@]([2H])(C([2H])([2H])[2H])C([2H])([2H])[C@@H]2OC(=O)[C@@H](C)CC. The summed E-state index contributed by atoms with van der Waals surface area (Å²) in [7, 11) is 0. The molecule has 1 saturated heterocycles. The number of esters is 2. The van der Waals surface area contributed by atoms with Gasteiger partial charge in [-0.05, 0) is 48.9 Å². The number of hydrogen-bond acceptors (Lipinski definition) is 5. The topological polar surface area (TPSA) is 72.8 Å². The average molecular weight is 417 g/mol. The van der Waals surface area contributed by atoms with E-state index in [0.29, 0.717) is 6.42 Å². The molecule has 0 spiro atoms. The zero-order chi connectivity index (χ0) is 31.7. The monoisotopic (exact) mass is 416 g/mol. The Bertz CT molecular complexity index is 1150. The Kier molecular flexibility index (Phi) is 3.63. The molecule has 1 heterocycles. The lowest BCUT2D eigenvalue weighted by molar-refractivity contribution is -0.162. The van der Waals surface area contributed by atoms with Gasteiger partial charge in [-0.1, -0.05) is 45.8 Å². The smallest absolute Gasteiger partial charge is 0.308 e. The van der Waals surface area contributed by atoms with E-state index >= 15 is 0 Å². The molecule has 3 aliphatic rings. The van der Waals surface area contributed by atoms with Gasteiger partial charge < -0.3 is 14.6 Å². The number of fused-ring (bicyclic) bond motifs is 1. The Labute approximate surface area is 191 Å². The van der Waals surface area contributed by atoms with Gasteiger partial charge in [-0.15, -0.1) is 0 Å². The van der Waals surface area contributed by atoms with Crippen LogP contribution in [0.3, 0.4) is 0 Å². The molecular formula is C24H36O5. The minimum Gasteiger partial charge on any atom is -0.462 e. The molecule has 0 aromatic carbocycles. The van der Waals surface area contributed by atoms with Gasteiger partial charge in [-0.3, -0.25) is 9.59 Å². The fourth-order valence-corrected chi connectivity index (χ4v) is 3.82. The van der Waals surface area contributed by atoms with Crippen molar-refractivity contribution in [1.82, 2.24) is 0 Å². The van der Waals surface area contributed by atoms with Crippen molar-refractivity contribution >= 4 is 11.9 Å². The third-order valence-electron chi connectivity index (χ3n) is 5.69. The van der Waals surface area contributed by atoms with E-state index in [1.165, 1.54) is 13.8 Å². The summed E-state index contributed by atoms with van der Waals surface area (Å²) < 4.78 is 111. The molecule has 0 radical (unpaired) electrons. The van der Waals surface area contributed by atoms with Crippen molar-refractivity contribution in [2.45, 2.75) is 84.4 Å². The first kappa shape index (κ1) is 11.1. The predicted molar refractivity (Wildman–Crippen MR) is 111 cm³/mol. The summed E-state index contributed by atoms with van der Waals surface area (Å²) in [6, 6.07) is -2.40. The van der Waals surface area contributed by atoms with Crippen molar-refractivity contribution in [3.8, 4) is 0 Å². The number of carbonyl (C=O) groups is 2. The van der Waals surface area contributed by atoms with Gasteiger partial charge in [0.05, 0.1) is 22.5 Å². The molecule has 5 heteroatoms. The predicted octanol–water partition coefficient (Wildman–Crippen LogP) is 4.20. The highest BCUT2D eigenvalue weighted by atomic mass is 16.5. The molecule has 0 amide bonds. The molecule has 3 rings (SSSR count). The first-order chi connectivity index (χ1) is 18.5. The van der Waals surface area contributed by atoms with Crippen LogP contribution in [0.25, 0.3) is 0 Å². The number of aliphatic hydroxyl groups excluding tert-OH is 1. The molecule has 5 nitrogen and oxygen atoms in total. The van der Waals surface area contributed by atoms with Gasteiger partial charge in [-0.25, -0.2) is 0 Å². The van der Waals surface area contributed by atoms with Crippen molar-refractivity contribution < 1.29 is 40.6 Å². The van der Waals surface area contributed by atoms with E-state index in [1.54, 1.807) is 6.92 Å². The highest BCUT2D eigenvalue weighted by Crippen LogP contribution is 2.45. The van der Waals surface area contributed by atoms with Crippen LogP contribution >= 0.6 is 0 Å². The van der Waals surface area contributed by atoms with E-state index in [1.807, 2.05) is 0 Å². The van der Waals surface area contributed by atoms with Crippen molar-refractivity contribution in [2.75, 3.05) is 0 Å². The summed E-state index contributed by atoms with van der Waals surface area (Å²) in [6.45, 7) is 1.02. The number of carbonyl (C=O) groups excluding carboxylic acids is 2. The average Bonchev–Trinajstić information content (AvgIpc) is 2.85. The first-order valence-electron chi connectivity index (χ1n) is 16.0. The molecular weight excluding hydrogens is 368 g/mol. The van der Waals surface area contributed by atoms with E-state index in [2.05, 4.69) is 0 Å². The number of ether oxygens (including phenoxy) is 2. The van der Waals surface area contributed by atoms with Crippen LogP contribution in [-0.4, -0.2) is 35.4 Å². The van der Waals surface area contributed by atoms with Gasteiger partial charge in [0.1, 0.15) is 12.2 Å². The third kappa shape index (κ3) is 5.30. The van der Waals surface area contributed by atoms with Crippen molar-refractivity contribution in [3.63, 3.8) is 0 Å². The van der Waals surface area contributed by atoms with Gasteiger partial charge in [0, 0.05) is 24.7 Å². The second-order valence-electron chi connectivity index (χ2n) is 7.79. The molecule has 2 aliphatic carbocycles. The largest absolute Gasteiger partial charge is 0.462 e. The Morgan fingerprint density at radius 1 is 1.55 bits per heavy atom. The quantitative estimate of drug-likeness (QED) is 0.657. The molecule has 0 saturated carbocycles. The maximum Gasteiger partial charge on any atom is 0.308 e. The number of cyclic esters (lactones) is 1. The van der Waals surface area contributed by atoms with Crippen molar-refractivity contribution in [3.05, 3.63) is 23.7 Å². The minimum absolute atomic E-state index is 0.101. The lowest BCUT2D eigenvalue weighted by atomic mass is 9.65. The summed E-state index contributed by atoms with van der Waals surface area (Å²) in [5, 5.41) is 10.1. The molecule has 0 aromatic rings. The number of rotatable bonds is 6. The zero-order valence-electron chi connectivity index (χ0n) is 28.9. The van der Waals surface area contributed by atoms with E-state index in [9.17, 15) is 14.7 Å². The molecule has 162 valence electrons. The minimum atomic E-state index is -3.45. The standard InChI is InChI=1S/C24H36O5/c1-5-15(3)24(27)29-21-11-14(2)10-17-7-6-16(4)20(23(17)21)9-8-19-12-18(25)13-22(26)28-19/h6-7,10,14-16,18-21,23,25H,5,8-9,11-13H2,1-4H3/t14-,15-,16-,18+,19?,20-,21-,23-/m0/s1/i2D3,6D,7D,10D,11D2,13D2,14D,16D. The van der Waals surface area contributed by atoms with Gasteiger partial charge in [0.2, 0.25) is 0 Å². The highest BCUT2D eigenvalue weighted by Gasteiger charge is 2.42. The fourth-order valence-electron chi connectivity index (χ4n) is 3.82. The number of aliphatic hydroxyl groups is 1. The maximum atomic E-state index is 13.0. The van der Waals surface area contributed by atoms with E-state index in [-0.39, 0.29) is 19.3 Å². The molecule has 0 bridgehead atoms. The Morgan fingerprint density at radius 2 is 2.34 bits per heavy atom. The van der Waals surface area contributed by atoms with E-state index in [4.69, 9.17) is 25.9 Å². The molecule has 8 atom stereocenters. The first-order valence-corrected chi connectivity index (χ1v) is 9.98. The molecule has 1 N–H and O–H groups in total. The lowest BCUT2D eigenvalue weighted by Crippen LogP contribution is -2.42. The summed E-state index contributed by atoms with van der Waals surface area (Å²) in [5.74, 6) is -10.8. The fraction of sp³-hybridized carbons (Fsp3) is 0.750. The van der Waals surface area contributed by atoms with Crippen LogP contribution < -0.4 is 0 Å². The summed E-state index contributed by atoms with van der Waals surface area (Å²) in [6.07, 6.45) is -10.8. The molecule has 1 fully saturated rings. The summed E-state index contributed by atoms with van der Waals surface area (Å²) in [5.41, 5.74) is -0.468. The summed E-state index contributed by atoms with van der Waals surface area (Å²) >= 11 is 0. The van der Waals surface area contributed by atoms with Crippen LogP contribution in [0, 0.1) is 29.5 Å². The molecule has 0 aromatic heterocycles. The van der Waals surface area contributed by atoms with Crippen LogP contribution in [0.5, 0.6) is 0 Å². The van der Waals surface area contributed by atoms with Crippen LogP contribution in [0.4, 0.5) is 0 Å². The van der Waals surface area contributed by atoms with Crippen molar-refractivity contribution in [1.29, 1.82) is 0 Å². The van der Waals surface area contributed by atoms with Crippen molar-refractivity contribution in [2.24, 2.45) is 29.5 Å². The number of hydrogen-bond donors (Lipinski definition) is 1. The lowest BCUT2D eigenvalue weighted by Gasteiger charge is -2.43. The third-order valence-corrected chi connectivity index (χ3v) is 5.69. The Hall–Kier alpha value is -1.62.